The molecule has 0 bridgehead atoms. The predicted octanol–water partition coefficient (Wildman–Crippen LogP) is 2.99. The average Bonchev–Trinajstić information content (AvgIpc) is 3.35. The maximum atomic E-state index is 13.9. The van der Waals surface area contributed by atoms with E-state index in [2.05, 4.69) is 20.5 Å². The van der Waals surface area contributed by atoms with Crippen molar-refractivity contribution in [2.24, 2.45) is 5.41 Å². The summed E-state index contributed by atoms with van der Waals surface area (Å²) in [5.74, 6) is -1.19. The topological polar surface area (TPSA) is 94.1 Å². The molecule has 1 aromatic carbocycles. The van der Waals surface area contributed by atoms with Crippen LogP contribution in [0.4, 0.5) is 4.39 Å². The minimum Gasteiger partial charge on any atom is -0.505 e. The number of H-pyrrole nitrogens is 1. The lowest BCUT2D eigenvalue weighted by molar-refractivity contribution is 0.0555. The predicted molar refractivity (Wildman–Crippen MR) is 111 cm³/mol. The Bertz CT molecular complexity index is 1140. The molecule has 0 saturated carbocycles. The summed E-state index contributed by atoms with van der Waals surface area (Å²) in [6.07, 6.45) is 3.21. The smallest absolute Gasteiger partial charge is 0.254 e. The molecule has 1 amide bonds. The number of phenols is 1. The zero-order valence-corrected chi connectivity index (χ0v) is 16.8. The molecule has 0 radical (unpaired) electrons. The lowest BCUT2D eigenvalue weighted by Gasteiger charge is -2.40. The third-order valence-electron chi connectivity index (χ3n) is 6.47. The van der Waals surface area contributed by atoms with Crippen molar-refractivity contribution in [2.75, 3.05) is 26.2 Å². The number of carbonyl (C=O) groups is 1. The third kappa shape index (κ3) is 3.11. The Morgan fingerprint density at radius 3 is 2.93 bits per heavy atom. The van der Waals surface area contributed by atoms with Crippen LogP contribution in [0.25, 0.3) is 22.3 Å². The van der Waals surface area contributed by atoms with Crippen LogP contribution in [0.5, 0.6) is 5.75 Å². The molecule has 3 aromatic rings. The molecule has 2 fully saturated rings. The van der Waals surface area contributed by atoms with Crippen LogP contribution in [0.1, 0.15) is 35.3 Å². The summed E-state index contributed by atoms with van der Waals surface area (Å²) in [4.78, 5) is 20.1. The van der Waals surface area contributed by atoms with Gasteiger partial charge in [-0.3, -0.25) is 9.89 Å². The molecule has 3 N–H and O–H groups in total. The van der Waals surface area contributed by atoms with Gasteiger partial charge in [-0.15, -0.1) is 0 Å². The first-order chi connectivity index (χ1) is 14.5. The molecular formula is C22H24FN5O2. The van der Waals surface area contributed by atoms with E-state index >= 15 is 0 Å². The molecule has 7 nitrogen and oxygen atoms in total. The largest absolute Gasteiger partial charge is 0.505 e. The van der Waals surface area contributed by atoms with Gasteiger partial charge in [0, 0.05) is 30.6 Å². The Kier molecular flexibility index (Phi) is 4.47. The molecule has 1 unspecified atom stereocenters. The summed E-state index contributed by atoms with van der Waals surface area (Å²) >= 11 is 0. The quantitative estimate of drug-likeness (QED) is 0.605. The Balaban J connectivity index is 1.58. The number of fused-ring (bicyclic) bond motifs is 1. The van der Waals surface area contributed by atoms with Crippen LogP contribution in [0.2, 0.25) is 0 Å². The summed E-state index contributed by atoms with van der Waals surface area (Å²) in [6.45, 7) is 5.26. The van der Waals surface area contributed by atoms with Gasteiger partial charge in [0.15, 0.2) is 17.2 Å². The number of aryl methyl sites for hydroxylation is 1. The highest BCUT2D eigenvalue weighted by molar-refractivity contribution is 6.07. The Hall–Kier alpha value is -3.00. The standard InChI is InChI=1S/C22H24FN5O2/c1-13-19-15(21(30)28-8-2-5-22(12-28)6-7-24-11-22)10-17(25-20(19)27-26-13)14-3-4-18(29)16(23)9-14/h3-4,9-10,24,29H,2,5-8,11-12H2,1H3,(H,25,26,27). The van der Waals surface area contributed by atoms with E-state index in [0.717, 1.165) is 45.4 Å². The highest BCUT2D eigenvalue weighted by Gasteiger charge is 2.39. The van der Waals surface area contributed by atoms with E-state index in [4.69, 9.17) is 0 Å². The first kappa shape index (κ1) is 19.0. The van der Waals surface area contributed by atoms with Crippen LogP contribution >= 0.6 is 0 Å². The van der Waals surface area contributed by atoms with Crippen molar-refractivity contribution in [3.63, 3.8) is 0 Å². The first-order valence-electron chi connectivity index (χ1n) is 10.3. The van der Waals surface area contributed by atoms with Crippen molar-refractivity contribution in [1.82, 2.24) is 25.4 Å². The van der Waals surface area contributed by atoms with E-state index in [1.807, 2.05) is 11.8 Å². The van der Waals surface area contributed by atoms with Crippen LogP contribution < -0.4 is 5.32 Å². The van der Waals surface area contributed by atoms with Gasteiger partial charge in [-0.2, -0.15) is 5.10 Å². The summed E-state index contributed by atoms with van der Waals surface area (Å²) in [5, 5.41) is 20.8. The highest BCUT2D eigenvalue weighted by Crippen LogP contribution is 2.37. The second-order valence-electron chi connectivity index (χ2n) is 8.51. The molecule has 1 atom stereocenters. The van der Waals surface area contributed by atoms with Crippen molar-refractivity contribution in [1.29, 1.82) is 0 Å². The number of phenolic OH excluding ortho intramolecular Hbond substituents is 1. The van der Waals surface area contributed by atoms with Gasteiger partial charge < -0.3 is 15.3 Å². The number of rotatable bonds is 2. The van der Waals surface area contributed by atoms with Crippen LogP contribution in [0, 0.1) is 18.2 Å². The fraction of sp³-hybridized carbons (Fsp3) is 0.409. The van der Waals surface area contributed by atoms with Crippen LogP contribution in [-0.4, -0.2) is 57.3 Å². The number of aromatic nitrogens is 3. The second kappa shape index (κ2) is 7.05. The molecule has 2 saturated heterocycles. The maximum Gasteiger partial charge on any atom is 0.254 e. The van der Waals surface area contributed by atoms with Gasteiger partial charge in [0.2, 0.25) is 0 Å². The van der Waals surface area contributed by atoms with E-state index < -0.39 is 11.6 Å². The molecule has 156 valence electrons. The summed E-state index contributed by atoms with van der Waals surface area (Å²) in [7, 11) is 0. The number of hydrogen-bond donors (Lipinski definition) is 3. The number of amides is 1. The number of halogens is 1. The number of likely N-dealkylation sites (tertiary alicyclic amines) is 1. The molecular weight excluding hydrogens is 385 g/mol. The van der Waals surface area contributed by atoms with Crippen molar-refractivity contribution < 1.29 is 14.3 Å². The molecule has 5 rings (SSSR count). The number of aromatic amines is 1. The lowest BCUT2D eigenvalue weighted by Crippen LogP contribution is -2.47. The second-order valence-corrected chi connectivity index (χ2v) is 8.51. The molecule has 2 aliphatic heterocycles. The van der Waals surface area contributed by atoms with Gasteiger partial charge in [-0.25, -0.2) is 9.37 Å². The summed E-state index contributed by atoms with van der Waals surface area (Å²) in [5.41, 5.74) is 2.84. The molecule has 4 heterocycles. The normalized spacial score (nSPS) is 21.6. The van der Waals surface area contributed by atoms with Crippen molar-refractivity contribution >= 4 is 16.9 Å². The van der Waals surface area contributed by atoms with Gasteiger partial charge in [-0.1, -0.05) is 0 Å². The van der Waals surface area contributed by atoms with Crippen molar-refractivity contribution in [3.8, 4) is 17.0 Å². The first-order valence-corrected chi connectivity index (χ1v) is 10.3. The number of aromatic hydroxyl groups is 1. The monoisotopic (exact) mass is 409 g/mol. The number of carbonyl (C=O) groups excluding carboxylic acids is 1. The minimum absolute atomic E-state index is 0.0432. The molecule has 1 spiro atoms. The van der Waals surface area contributed by atoms with Crippen molar-refractivity contribution in [2.45, 2.75) is 26.2 Å². The molecule has 0 aliphatic carbocycles. The van der Waals surface area contributed by atoms with Crippen LogP contribution in [-0.2, 0) is 0 Å². The fourth-order valence-corrected chi connectivity index (χ4v) is 4.86. The van der Waals surface area contributed by atoms with Gasteiger partial charge in [0.25, 0.3) is 5.91 Å². The number of piperidine rings is 1. The lowest BCUT2D eigenvalue weighted by atomic mass is 9.79. The van der Waals surface area contributed by atoms with Crippen LogP contribution in [0.3, 0.4) is 0 Å². The summed E-state index contributed by atoms with van der Waals surface area (Å²) in [6, 6.07) is 5.82. The molecule has 30 heavy (non-hydrogen) atoms. The zero-order valence-electron chi connectivity index (χ0n) is 16.8. The van der Waals surface area contributed by atoms with Crippen LogP contribution in [0.15, 0.2) is 24.3 Å². The molecule has 2 aromatic heterocycles. The SMILES string of the molecule is Cc1n[nH]c2nc(-c3ccc(O)c(F)c3)cc(C(=O)N3CCCC4(CCNC4)C3)c12. The van der Waals surface area contributed by atoms with E-state index in [9.17, 15) is 14.3 Å². The van der Waals surface area contributed by atoms with E-state index in [1.165, 1.54) is 12.1 Å². The Morgan fingerprint density at radius 1 is 1.30 bits per heavy atom. The number of nitrogens with one attached hydrogen (secondary N) is 2. The molecule has 2 aliphatic rings. The van der Waals surface area contributed by atoms with Gasteiger partial charge in [0.1, 0.15) is 0 Å². The van der Waals surface area contributed by atoms with E-state index in [1.54, 1.807) is 12.1 Å². The van der Waals surface area contributed by atoms with Gasteiger partial charge in [-0.05, 0) is 57.0 Å². The van der Waals surface area contributed by atoms with E-state index in [-0.39, 0.29) is 11.3 Å². The Labute approximate surface area is 173 Å². The highest BCUT2D eigenvalue weighted by atomic mass is 19.1. The number of nitrogens with zero attached hydrogens (tertiary/aromatic N) is 3. The van der Waals surface area contributed by atoms with Crippen molar-refractivity contribution in [3.05, 3.63) is 41.3 Å². The fourth-order valence-electron chi connectivity index (χ4n) is 4.86. The minimum atomic E-state index is -0.727. The number of benzene rings is 1. The summed E-state index contributed by atoms with van der Waals surface area (Å²) < 4.78 is 13.9. The number of pyridine rings is 1. The number of hydrogen-bond acceptors (Lipinski definition) is 5. The zero-order chi connectivity index (χ0) is 20.9. The third-order valence-corrected chi connectivity index (χ3v) is 6.47. The maximum absolute atomic E-state index is 13.9. The van der Waals surface area contributed by atoms with E-state index in [0.29, 0.717) is 33.5 Å². The Morgan fingerprint density at radius 2 is 2.17 bits per heavy atom. The van der Waals surface area contributed by atoms with Gasteiger partial charge in [0.05, 0.1) is 22.3 Å². The van der Waals surface area contributed by atoms with Gasteiger partial charge >= 0.3 is 0 Å². The molecule has 8 heteroatoms. The average molecular weight is 409 g/mol.